The predicted molar refractivity (Wildman–Crippen MR) is 157 cm³/mol. The van der Waals surface area contributed by atoms with Crippen LogP contribution < -0.4 is 0 Å². The second kappa shape index (κ2) is 11.8. The van der Waals surface area contributed by atoms with Crippen molar-refractivity contribution in [2.75, 3.05) is 0 Å². The maximum Gasteiger partial charge on any atom is 0.308 e. The van der Waals surface area contributed by atoms with Gasteiger partial charge in [0.2, 0.25) is 11.6 Å². The fourth-order valence-electron chi connectivity index (χ4n) is 5.08. The quantitative estimate of drug-likeness (QED) is 0.203. The van der Waals surface area contributed by atoms with Gasteiger partial charge in [-0.15, -0.1) is 15.3 Å². The number of H-pyrrole nitrogens is 1. The monoisotopic (exact) mass is 566 g/mol. The smallest absolute Gasteiger partial charge is 0.308 e. The molecular weight excluding hydrogens is 522 g/mol. The van der Waals surface area contributed by atoms with Gasteiger partial charge in [0.15, 0.2) is 0 Å². The van der Waals surface area contributed by atoms with Crippen molar-refractivity contribution >= 4 is 0 Å². The van der Waals surface area contributed by atoms with Gasteiger partial charge in [-0.1, -0.05) is 86.4 Å². The van der Waals surface area contributed by atoms with Crippen LogP contribution in [0.1, 0.15) is 116 Å². The first-order valence-electron chi connectivity index (χ1n) is 14.7. The molecule has 0 radical (unpaired) electrons. The maximum absolute atomic E-state index is 15.1. The molecule has 41 heavy (non-hydrogen) atoms. The third kappa shape index (κ3) is 6.57. The van der Waals surface area contributed by atoms with Crippen LogP contribution in [0.3, 0.4) is 0 Å². The highest BCUT2D eigenvalue weighted by Gasteiger charge is 2.37. The summed E-state index contributed by atoms with van der Waals surface area (Å²) in [5, 5.41) is 19.6. The summed E-state index contributed by atoms with van der Waals surface area (Å²) in [6.07, 6.45) is 3.25. The predicted octanol–water partition coefficient (Wildman–Crippen LogP) is 7.52. The average molecular weight is 567 g/mol. The molecule has 0 amide bonds. The number of tetrazole rings is 1. The van der Waals surface area contributed by atoms with E-state index in [0.29, 0.717) is 37.5 Å². The van der Waals surface area contributed by atoms with Crippen molar-refractivity contribution in [3.05, 3.63) is 58.8 Å². The third-order valence-corrected chi connectivity index (χ3v) is 7.36. The van der Waals surface area contributed by atoms with E-state index in [1.54, 1.807) is 4.68 Å². The normalized spacial score (nSPS) is 12.8. The van der Waals surface area contributed by atoms with Gasteiger partial charge in [-0.2, -0.15) is 14.0 Å². The Hall–Kier alpha value is -3.43. The topological polar surface area (TPSA) is 90.1 Å². The summed E-state index contributed by atoms with van der Waals surface area (Å²) in [6.45, 7) is 17.4. The molecule has 3 heterocycles. The van der Waals surface area contributed by atoms with E-state index in [1.807, 2.05) is 25.1 Å². The molecule has 0 saturated heterocycles. The van der Waals surface area contributed by atoms with E-state index in [4.69, 9.17) is 0 Å². The van der Waals surface area contributed by atoms with Gasteiger partial charge in [0.05, 0.1) is 17.9 Å². The Morgan fingerprint density at radius 3 is 2.24 bits per heavy atom. The van der Waals surface area contributed by atoms with Crippen LogP contribution in [-0.4, -0.2) is 40.0 Å². The molecule has 4 rings (SSSR count). The van der Waals surface area contributed by atoms with Crippen LogP contribution in [0.5, 0.6) is 0 Å². The molecule has 3 aromatic heterocycles. The van der Waals surface area contributed by atoms with E-state index in [1.165, 1.54) is 0 Å². The molecule has 8 nitrogen and oxygen atoms in total. The van der Waals surface area contributed by atoms with Crippen LogP contribution in [-0.2, 0) is 29.7 Å². The number of para-hydroxylation sites is 1. The third-order valence-electron chi connectivity index (χ3n) is 7.36. The first-order chi connectivity index (χ1) is 19.3. The summed E-state index contributed by atoms with van der Waals surface area (Å²) in [5.74, 6) is -2.35. The van der Waals surface area contributed by atoms with Crippen LogP contribution >= 0.6 is 0 Å². The van der Waals surface area contributed by atoms with E-state index in [-0.39, 0.29) is 23.1 Å². The summed E-state index contributed by atoms with van der Waals surface area (Å²) < 4.78 is 34.0. The average Bonchev–Trinajstić information content (AvgIpc) is 3.64. The number of aromatic amines is 1. The zero-order valence-electron chi connectivity index (χ0n) is 25.7. The maximum atomic E-state index is 15.1. The summed E-state index contributed by atoms with van der Waals surface area (Å²) in [7, 11) is 0. The number of nitrogens with zero attached hydrogens (tertiary/aromatic N) is 7. The van der Waals surface area contributed by atoms with Gasteiger partial charge in [0.25, 0.3) is 0 Å². The van der Waals surface area contributed by atoms with Crippen molar-refractivity contribution in [3.8, 4) is 17.2 Å². The number of hydrogen-bond donors (Lipinski definition) is 1. The van der Waals surface area contributed by atoms with E-state index < -0.39 is 5.92 Å². The first-order valence-corrected chi connectivity index (χ1v) is 14.7. The van der Waals surface area contributed by atoms with Crippen LogP contribution in [0.15, 0.2) is 30.3 Å². The lowest BCUT2D eigenvalue weighted by Crippen LogP contribution is -2.19. The van der Waals surface area contributed by atoms with Crippen molar-refractivity contribution in [1.29, 1.82) is 0 Å². The lowest BCUT2D eigenvalue weighted by Gasteiger charge is -2.24. The highest BCUT2D eigenvalue weighted by atomic mass is 19.3. The molecule has 0 aliphatic carbocycles. The van der Waals surface area contributed by atoms with Crippen molar-refractivity contribution in [3.63, 3.8) is 0 Å². The van der Waals surface area contributed by atoms with Gasteiger partial charge in [-0.3, -0.25) is 0 Å². The minimum Gasteiger partial charge on any atom is -0.310 e. The Labute approximate surface area is 242 Å². The minimum atomic E-state index is -3.06. The summed E-state index contributed by atoms with van der Waals surface area (Å²) in [4.78, 5) is 4.38. The Kier molecular flexibility index (Phi) is 8.80. The lowest BCUT2D eigenvalue weighted by atomic mass is 9.85. The molecule has 0 saturated carbocycles. The molecule has 0 aliphatic rings. The van der Waals surface area contributed by atoms with Crippen molar-refractivity contribution in [1.82, 2.24) is 40.0 Å². The van der Waals surface area contributed by atoms with E-state index in [2.05, 4.69) is 95.9 Å². The molecule has 222 valence electrons. The van der Waals surface area contributed by atoms with Gasteiger partial charge < -0.3 is 4.57 Å². The summed E-state index contributed by atoms with van der Waals surface area (Å²) >= 11 is 0. The number of nitrogens with one attached hydrogen (secondary N) is 1. The number of unbranched alkanes of at least 4 members (excludes halogenated alkanes) is 2. The summed E-state index contributed by atoms with van der Waals surface area (Å²) in [6, 6.07) is 10.3. The fourth-order valence-corrected chi connectivity index (χ4v) is 5.08. The van der Waals surface area contributed by atoms with E-state index in [0.717, 1.165) is 41.0 Å². The largest absolute Gasteiger partial charge is 0.310 e. The Balaban J connectivity index is 1.91. The number of hydrogen-bond acceptors (Lipinski definition) is 5. The van der Waals surface area contributed by atoms with Crippen molar-refractivity contribution in [2.45, 2.75) is 117 Å². The van der Waals surface area contributed by atoms with Gasteiger partial charge in [0.1, 0.15) is 5.82 Å². The Morgan fingerprint density at radius 1 is 0.927 bits per heavy atom. The van der Waals surface area contributed by atoms with Crippen LogP contribution in [0.25, 0.3) is 17.2 Å². The number of aromatic nitrogens is 8. The van der Waals surface area contributed by atoms with Gasteiger partial charge in [0, 0.05) is 24.0 Å². The zero-order chi connectivity index (χ0) is 30.0. The molecule has 1 aromatic carbocycles. The second-order valence-electron chi connectivity index (χ2n) is 12.9. The first kappa shape index (κ1) is 30.5. The van der Waals surface area contributed by atoms with Gasteiger partial charge >= 0.3 is 5.92 Å². The fraction of sp³-hybridized carbons (Fsp3) is 0.581. The van der Waals surface area contributed by atoms with Gasteiger partial charge in [-0.05, 0) is 46.7 Å². The molecule has 1 N–H and O–H groups in total. The van der Waals surface area contributed by atoms with Gasteiger partial charge in [-0.25, -0.2) is 9.67 Å². The Morgan fingerprint density at radius 2 is 1.63 bits per heavy atom. The molecule has 0 aliphatic heterocycles. The zero-order valence-corrected chi connectivity index (χ0v) is 25.7. The number of alkyl halides is 2. The van der Waals surface area contributed by atoms with Crippen molar-refractivity contribution < 1.29 is 8.78 Å². The molecule has 4 aromatic rings. The molecule has 10 heteroatoms. The minimum absolute atomic E-state index is 0.200. The molecular formula is C31H44F2N8. The highest BCUT2D eigenvalue weighted by molar-refractivity contribution is 5.65. The van der Waals surface area contributed by atoms with E-state index in [9.17, 15) is 0 Å². The number of rotatable bonds is 11. The number of benzene rings is 1. The number of aryl methyl sites for hydroxylation is 1. The van der Waals surface area contributed by atoms with Crippen LogP contribution in [0.2, 0.25) is 0 Å². The van der Waals surface area contributed by atoms with Crippen LogP contribution in [0.4, 0.5) is 8.78 Å². The molecule has 0 spiro atoms. The van der Waals surface area contributed by atoms with E-state index >= 15 is 8.78 Å². The molecule has 0 bridgehead atoms. The second-order valence-corrected chi connectivity index (χ2v) is 12.9. The summed E-state index contributed by atoms with van der Waals surface area (Å²) in [5.41, 5.74) is 4.48. The van der Waals surface area contributed by atoms with Crippen LogP contribution in [0, 0.1) is 0 Å². The Bertz CT molecular complexity index is 1440. The number of halogens is 2. The lowest BCUT2D eigenvalue weighted by molar-refractivity contribution is -0.0245. The molecule has 0 fully saturated rings. The highest BCUT2D eigenvalue weighted by Crippen LogP contribution is 2.41. The SMILES string of the molecule is CCCCc1nc(C(F)(F)CCCC)nn1Cc1ccccc1-n1c(C(C)(C)C)cc(C(C)(C)C)c1-c1nn[nH]n1. The standard InChI is InChI=1S/C31H44F2N8/c1-9-11-17-25-34-28(31(32,33)18-12-10-2)37-40(25)20-21-15-13-14-16-23(21)41-24(30(6,7)8)19-22(29(3,4)5)26(41)27-35-38-39-36-27/h13-16,19H,9-12,17-18,20H2,1-8H3,(H,35,36,38,39). The molecule has 0 atom stereocenters. The molecule has 0 unspecified atom stereocenters. The van der Waals surface area contributed by atoms with Crippen molar-refractivity contribution in [2.24, 2.45) is 0 Å².